The van der Waals surface area contributed by atoms with Crippen LogP contribution in [0.2, 0.25) is 0 Å². The topological polar surface area (TPSA) is 88.3 Å². The van der Waals surface area contributed by atoms with Crippen LogP contribution in [0.1, 0.15) is 36.9 Å². The first kappa shape index (κ1) is 23.7. The lowest BCUT2D eigenvalue weighted by molar-refractivity contribution is -0.150. The minimum Gasteiger partial charge on any atom is -0.459 e. The molecule has 0 N–H and O–H groups in total. The third-order valence-corrected chi connectivity index (χ3v) is 6.22. The smallest absolute Gasteiger partial charge is 0.330 e. The maximum Gasteiger partial charge on any atom is 0.330 e. The Hall–Kier alpha value is -3.50. The van der Waals surface area contributed by atoms with E-state index in [1.807, 2.05) is 30.3 Å². The number of piperidine rings is 1. The number of hydrogen-bond donors (Lipinski definition) is 0. The molecule has 0 bridgehead atoms. The number of rotatable bonds is 8. The van der Waals surface area contributed by atoms with Crippen molar-refractivity contribution in [3.8, 4) is 6.07 Å². The normalized spacial score (nSPS) is 16.1. The van der Waals surface area contributed by atoms with Gasteiger partial charge in [0.25, 0.3) is 0 Å². The Morgan fingerprint density at radius 2 is 1.74 bits per heavy atom. The molecule has 1 aromatic heterocycles. The molecule has 4 rings (SSSR count). The van der Waals surface area contributed by atoms with Gasteiger partial charge < -0.3 is 14.4 Å². The third-order valence-electron chi connectivity index (χ3n) is 6.22. The number of carbonyl (C=O) groups excluding carboxylic acids is 1. The Labute approximate surface area is 200 Å². The molecule has 1 fully saturated rings. The highest BCUT2D eigenvalue weighted by Crippen LogP contribution is 2.32. The number of fused-ring (bicyclic) bond motifs is 1. The quantitative estimate of drug-likeness (QED) is 0.466. The molecule has 1 aliphatic heterocycles. The van der Waals surface area contributed by atoms with Gasteiger partial charge in [0, 0.05) is 20.2 Å². The Balaban J connectivity index is 1.58. The van der Waals surface area contributed by atoms with Crippen molar-refractivity contribution in [1.82, 2.24) is 9.97 Å². The van der Waals surface area contributed by atoms with Crippen molar-refractivity contribution < 1.29 is 14.3 Å². The molecule has 0 aliphatic carbocycles. The SMILES string of the molecule is COC[C@H](C)OC(=O)[C@@H](C#N)c1nc2ccccc2nc1N1CCC(Cc2ccccc2)CC1. The molecule has 0 radical (unpaired) electrons. The average Bonchev–Trinajstić information content (AvgIpc) is 2.85. The van der Waals surface area contributed by atoms with Gasteiger partial charge in [0.15, 0.2) is 11.7 Å². The Bertz CT molecular complexity index is 1150. The Morgan fingerprint density at radius 3 is 2.38 bits per heavy atom. The predicted molar refractivity (Wildman–Crippen MR) is 130 cm³/mol. The van der Waals surface area contributed by atoms with Crippen molar-refractivity contribution in [3.05, 3.63) is 65.9 Å². The molecule has 2 heterocycles. The maximum absolute atomic E-state index is 12.9. The number of nitriles is 1. The predicted octanol–water partition coefficient (Wildman–Crippen LogP) is 4.27. The van der Waals surface area contributed by atoms with Gasteiger partial charge in [0.2, 0.25) is 0 Å². The molecular formula is C27H30N4O3. The maximum atomic E-state index is 12.9. The Morgan fingerprint density at radius 1 is 1.09 bits per heavy atom. The van der Waals surface area contributed by atoms with E-state index in [2.05, 4.69) is 35.2 Å². The molecule has 3 aromatic rings. The van der Waals surface area contributed by atoms with Crippen LogP contribution < -0.4 is 4.90 Å². The zero-order valence-electron chi connectivity index (χ0n) is 19.7. The van der Waals surface area contributed by atoms with E-state index in [1.165, 1.54) is 5.56 Å². The van der Waals surface area contributed by atoms with Crippen molar-refractivity contribution in [1.29, 1.82) is 5.26 Å². The number of anilines is 1. The molecule has 0 unspecified atom stereocenters. The van der Waals surface area contributed by atoms with Gasteiger partial charge in [-0.1, -0.05) is 42.5 Å². The number of benzene rings is 2. The average molecular weight is 459 g/mol. The van der Waals surface area contributed by atoms with Crippen molar-refractivity contribution in [3.63, 3.8) is 0 Å². The van der Waals surface area contributed by atoms with Crippen LogP contribution in [0.25, 0.3) is 11.0 Å². The summed E-state index contributed by atoms with van der Waals surface area (Å²) in [5.41, 5.74) is 3.10. The van der Waals surface area contributed by atoms with Gasteiger partial charge in [-0.3, -0.25) is 4.79 Å². The van der Waals surface area contributed by atoms with Gasteiger partial charge in [0.05, 0.1) is 23.7 Å². The number of carbonyl (C=O) groups is 1. The van der Waals surface area contributed by atoms with Crippen LogP contribution in [-0.4, -0.2) is 48.8 Å². The van der Waals surface area contributed by atoms with Gasteiger partial charge >= 0.3 is 5.97 Å². The molecule has 0 spiro atoms. The van der Waals surface area contributed by atoms with Gasteiger partial charge in [0.1, 0.15) is 11.8 Å². The van der Waals surface area contributed by atoms with E-state index in [1.54, 1.807) is 14.0 Å². The highest BCUT2D eigenvalue weighted by atomic mass is 16.6. The van der Waals surface area contributed by atoms with Crippen LogP contribution in [-0.2, 0) is 20.7 Å². The molecule has 7 nitrogen and oxygen atoms in total. The van der Waals surface area contributed by atoms with E-state index in [-0.39, 0.29) is 6.61 Å². The molecule has 1 aliphatic rings. The fourth-order valence-corrected chi connectivity index (χ4v) is 4.49. The molecule has 2 atom stereocenters. The number of hydrogen-bond acceptors (Lipinski definition) is 7. The summed E-state index contributed by atoms with van der Waals surface area (Å²) in [6, 6.07) is 20.2. The van der Waals surface area contributed by atoms with Crippen LogP contribution in [0.3, 0.4) is 0 Å². The number of ether oxygens (including phenoxy) is 2. The second-order valence-corrected chi connectivity index (χ2v) is 8.81. The number of esters is 1. The van der Waals surface area contributed by atoms with E-state index in [4.69, 9.17) is 19.4 Å². The van der Waals surface area contributed by atoms with Crippen molar-refractivity contribution in [2.45, 2.75) is 38.2 Å². The van der Waals surface area contributed by atoms with Crippen molar-refractivity contribution >= 4 is 22.8 Å². The number of para-hydroxylation sites is 2. The van der Waals surface area contributed by atoms with Crippen molar-refractivity contribution in [2.75, 3.05) is 31.7 Å². The van der Waals surface area contributed by atoms with Crippen LogP contribution in [0.15, 0.2) is 54.6 Å². The zero-order valence-corrected chi connectivity index (χ0v) is 19.7. The van der Waals surface area contributed by atoms with E-state index >= 15 is 0 Å². The molecule has 34 heavy (non-hydrogen) atoms. The standard InChI is InChI=1S/C27H30N4O3/c1-19(18-33-2)34-27(32)22(17-28)25-26(30-24-11-7-6-10-23(24)29-25)31-14-12-21(13-15-31)16-20-8-4-3-5-9-20/h3-11,19,21-22H,12-16,18H2,1-2H3/t19-,22-/m0/s1. The fraction of sp³-hybridized carbons (Fsp3) is 0.407. The summed E-state index contributed by atoms with van der Waals surface area (Å²) >= 11 is 0. The first-order valence-electron chi connectivity index (χ1n) is 11.7. The van der Waals surface area contributed by atoms with E-state index in [0.29, 0.717) is 22.9 Å². The largest absolute Gasteiger partial charge is 0.459 e. The van der Waals surface area contributed by atoms with Crippen LogP contribution in [0, 0.1) is 17.2 Å². The number of aromatic nitrogens is 2. The number of nitrogens with zero attached hydrogens (tertiary/aromatic N) is 4. The second kappa shape index (κ2) is 11.1. The highest BCUT2D eigenvalue weighted by molar-refractivity contribution is 5.85. The van der Waals surface area contributed by atoms with E-state index in [9.17, 15) is 10.1 Å². The van der Waals surface area contributed by atoms with Crippen molar-refractivity contribution in [2.24, 2.45) is 5.92 Å². The molecule has 0 saturated carbocycles. The van der Waals surface area contributed by atoms with Gasteiger partial charge in [-0.05, 0) is 49.8 Å². The molecule has 2 aromatic carbocycles. The summed E-state index contributed by atoms with van der Waals surface area (Å²) < 4.78 is 10.5. The Kier molecular flexibility index (Phi) is 7.71. The summed E-state index contributed by atoms with van der Waals surface area (Å²) in [6.07, 6.45) is 2.61. The third kappa shape index (κ3) is 5.52. The minimum absolute atomic E-state index is 0.259. The summed E-state index contributed by atoms with van der Waals surface area (Å²) in [7, 11) is 1.54. The lowest BCUT2D eigenvalue weighted by Crippen LogP contribution is -2.36. The molecule has 0 amide bonds. The molecular weight excluding hydrogens is 428 g/mol. The molecule has 1 saturated heterocycles. The number of methoxy groups -OCH3 is 1. The fourth-order valence-electron chi connectivity index (χ4n) is 4.49. The first-order valence-corrected chi connectivity index (χ1v) is 11.7. The van der Waals surface area contributed by atoms with Gasteiger partial charge in [-0.25, -0.2) is 9.97 Å². The summed E-state index contributed by atoms with van der Waals surface area (Å²) in [5.74, 6) is -0.604. The second-order valence-electron chi connectivity index (χ2n) is 8.81. The monoisotopic (exact) mass is 458 g/mol. The zero-order chi connectivity index (χ0) is 23.9. The lowest BCUT2D eigenvalue weighted by Gasteiger charge is -2.34. The van der Waals surface area contributed by atoms with Crippen LogP contribution in [0.4, 0.5) is 5.82 Å². The van der Waals surface area contributed by atoms with Crippen LogP contribution >= 0.6 is 0 Å². The summed E-state index contributed by atoms with van der Waals surface area (Å²) in [4.78, 5) is 24.6. The van der Waals surface area contributed by atoms with Gasteiger partial charge in [-0.15, -0.1) is 0 Å². The summed E-state index contributed by atoms with van der Waals surface area (Å²) in [5, 5.41) is 9.93. The highest BCUT2D eigenvalue weighted by Gasteiger charge is 2.32. The van der Waals surface area contributed by atoms with E-state index < -0.39 is 18.0 Å². The minimum atomic E-state index is -1.16. The van der Waals surface area contributed by atoms with E-state index in [0.717, 1.165) is 37.9 Å². The van der Waals surface area contributed by atoms with Crippen LogP contribution in [0.5, 0.6) is 0 Å². The first-order chi connectivity index (χ1) is 16.6. The van der Waals surface area contributed by atoms with Gasteiger partial charge in [-0.2, -0.15) is 5.26 Å². The summed E-state index contributed by atoms with van der Waals surface area (Å²) in [6.45, 7) is 3.59. The lowest BCUT2D eigenvalue weighted by atomic mass is 9.90. The molecule has 176 valence electrons. The molecule has 7 heteroatoms.